The van der Waals surface area contributed by atoms with Crippen molar-refractivity contribution < 1.29 is 4.79 Å². The average molecular weight is 307 g/mol. The molecule has 4 aliphatic heterocycles. The summed E-state index contributed by atoms with van der Waals surface area (Å²) in [7, 11) is 0. The molecule has 0 radical (unpaired) electrons. The molecule has 4 saturated heterocycles. The van der Waals surface area contributed by atoms with E-state index in [2.05, 4.69) is 47.9 Å². The molecule has 0 spiro atoms. The Hall–Kier alpha value is -1.78. The van der Waals surface area contributed by atoms with E-state index in [9.17, 15) is 4.79 Å². The molecule has 0 N–H and O–H groups in total. The van der Waals surface area contributed by atoms with Crippen molar-refractivity contribution in [3.8, 4) is 0 Å². The molecule has 0 atom stereocenters. The van der Waals surface area contributed by atoms with Crippen LogP contribution in [0.5, 0.6) is 0 Å². The van der Waals surface area contributed by atoms with Gasteiger partial charge in [0, 0.05) is 31.6 Å². The third-order valence-electron chi connectivity index (χ3n) is 5.88. The molecule has 4 aliphatic rings. The monoisotopic (exact) mass is 307 g/mol. The number of hydrogen-bond donors (Lipinski definition) is 0. The minimum absolute atomic E-state index is 0.210. The van der Waals surface area contributed by atoms with Crippen LogP contribution in [0, 0.1) is 10.8 Å². The van der Waals surface area contributed by atoms with E-state index in [0.29, 0.717) is 5.78 Å². The SMILES string of the molecule is CC12CN3CC(C)(CN(C1)C3c1ccc3ccccc3n1)C2=O. The summed E-state index contributed by atoms with van der Waals surface area (Å²) in [6, 6.07) is 12.6. The van der Waals surface area contributed by atoms with Crippen LogP contribution in [0.3, 0.4) is 0 Å². The van der Waals surface area contributed by atoms with Crippen LogP contribution in [-0.2, 0) is 4.79 Å². The molecule has 5 heterocycles. The molecule has 0 saturated carbocycles. The van der Waals surface area contributed by atoms with E-state index in [-0.39, 0.29) is 17.0 Å². The summed E-state index contributed by atoms with van der Waals surface area (Å²) in [5.41, 5.74) is 1.74. The van der Waals surface area contributed by atoms with Crippen LogP contribution < -0.4 is 0 Å². The number of pyridine rings is 1. The van der Waals surface area contributed by atoms with Gasteiger partial charge < -0.3 is 0 Å². The van der Waals surface area contributed by atoms with E-state index in [4.69, 9.17) is 4.98 Å². The molecule has 1 aromatic carbocycles. The van der Waals surface area contributed by atoms with E-state index < -0.39 is 0 Å². The number of piperidine rings is 2. The van der Waals surface area contributed by atoms with Crippen molar-refractivity contribution in [3.63, 3.8) is 0 Å². The summed E-state index contributed by atoms with van der Waals surface area (Å²) in [6.07, 6.45) is 0.217. The maximum Gasteiger partial charge on any atom is 0.149 e. The largest absolute Gasteiger partial charge is 0.298 e. The summed E-state index contributed by atoms with van der Waals surface area (Å²) in [4.78, 5) is 22.6. The van der Waals surface area contributed by atoms with Crippen molar-refractivity contribution in [2.24, 2.45) is 10.8 Å². The number of rotatable bonds is 1. The number of fused-ring (bicyclic) bond motifs is 1. The molecule has 0 unspecified atom stereocenters. The molecule has 0 aliphatic carbocycles. The number of hydrogen-bond acceptors (Lipinski definition) is 4. The van der Waals surface area contributed by atoms with Crippen molar-refractivity contribution in [2.75, 3.05) is 26.2 Å². The summed E-state index contributed by atoms with van der Waals surface area (Å²) >= 11 is 0. The quantitative estimate of drug-likeness (QED) is 0.811. The van der Waals surface area contributed by atoms with Gasteiger partial charge in [0.15, 0.2) is 0 Å². The van der Waals surface area contributed by atoms with Gasteiger partial charge in [0.25, 0.3) is 0 Å². The van der Waals surface area contributed by atoms with E-state index in [1.807, 2.05) is 12.1 Å². The normalized spacial score (nSPS) is 41.7. The second-order valence-corrected chi connectivity index (χ2v) is 8.06. The minimum atomic E-state index is -0.210. The third-order valence-corrected chi connectivity index (χ3v) is 5.88. The van der Waals surface area contributed by atoms with Gasteiger partial charge in [0.2, 0.25) is 0 Å². The number of ketones is 1. The Morgan fingerprint density at radius 1 is 0.957 bits per heavy atom. The van der Waals surface area contributed by atoms with Gasteiger partial charge in [0.1, 0.15) is 11.9 Å². The zero-order valence-electron chi connectivity index (χ0n) is 13.6. The second-order valence-electron chi connectivity index (χ2n) is 8.06. The molecule has 4 bridgehead atoms. The fourth-order valence-corrected chi connectivity index (χ4v) is 5.20. The van der Waals surface area contributed by atoms with E-state index in [0.717, 1.165) is 37.4 Å². The lowest BCUT2D eigenvalue weighted by Gasteiger charge is -2.64. The first-order valence-corrected chi connectivity index (χ1v) is 8.37. The molecule has 6 rings (SSSR count). The molecule has 4 nitrogen and oxygen atoms in total. The molecule has 4 heteroatoms. The Morgan fingerprint density at radius 3 is 2.22 bits per heavy atom. The van der Waals surface area contributed by atoms with Crippen LogP contribution in [0.4, 0.5) is 0 Å². The highest BCUT2D eigenvalue weighted by molar-refractivity contribution is 5.92. The van der Waals surface area contributed by atoms with E-state index in [1.54, 1.807) is 0 Å². The van der Waals surface area contributed by atoms with Crippen LogP contribution >= 0.6 is 0 Å². The van der Waals surface area contributed by atoms with Crippen molar-refractivity contribution >= 4 is 16.7 Å². The number of aromatic nitrogens is 1. The first kappa shape index (κ1) is 13.6. The summed E-state index contributed by atoms with van der Waals surface area (Å²) < 4.78 is 0. The zero-order valence-corrected chi connectivity index (χ0v) is 13.6. The minimum Gasteiger partial charge on any atom is -0.298 e. The summed E-state index contributed by atoms with van der Waals surface area (Å²) in [6.45, 7) is 7.70. The third kappa shape index (κ3) is 1.73. The van der Waals surface area contributed by atoms with Gasteiger partial charge in [-0.2, -0.15) is 0 Å². The first-order valence-electron chi connectivity index (χ1n) is 8.37. The Morgan fingerprint density at radius 2 is 1.57 bits per heavy atom. The molecular weight excluding hydrogens is 286 g/mol. The van der Waals surface area contributed by atoms with Gasteiger partial charge in [-0.05, 0) is 12.1 Å². The van der Waals surface area contributed by atoms with Gasteiger partial charge in [-0.1, -0.05) is 38.1 Å². The fraction of sp³-hybridized carbons (Fsp3) is 0.474. The van der Waals surface area contributed by atoms with Gasteiger partial charge in [-0.15, -0.1) is 0 Å². The molecule has 2 aromatic rings. The van der Waals surface area contributed by atoms with Crippen molar-refractivity contribution in [1.29, 1.82) is 0 Å². The van der Waals surface area contributed by atoms with Gasteiger partial charge >= 0.3 is 0 Å². The Balaban J connectivity index is 1.58. The van der Waals surface area contributed by atoms with Crippen molar-refractivity contribution in [1.82, 2.24) is 14.8 Å². The molecule has 23 heavy (non-hydrogen) atoms. The van der Waals surface area contributed by atoms with Crippen LogP contribution in [-0.4, -0.2) is 46.7 Å². The Labute approximate surface area is 136 Å². The van der Waals surface area contributed by atoms with Crippen LogP contribution in [0.2, 0.25) is 0 Å². The summed E-state index contributed by atoms with van der Waals surface area (Å²) in [5, 5.41) is 1.18. The number of para-hydroxylation sites is 1. The highest BCUT2D eigenvalue weighted by Gasteiger charge is 2.62. The molecule has 4 fully saturated rings. The second kappa shape index (κ2) is 4.19. The molecule has 118 valence electrons. The number of Topliss-reactive ketones (excluding diaryl/α,β-unsaturated/α-hetero) is 1. The first-order chi connectivity index (χ1) is 11.0. The smallest absolute Gasteiger partial charge is 0.149 e. The molecular formula is C19H21N3O. The number of benzene rings is 1. The van der Waals surface area contributed by atoms with Crippen LogP contribution in [0.25, 0.3) is 10.9 Å². The average Bonchev–Trinajstić information content (AvgIpc) is 2.51. The van der Waals surface area contributed by atoms with E-state index >= 15 is 0 Å². The predicted octanol–water partition coefficient (Wildman–Crippen LogP) is 2.46. The number of nitrogens with zero attached hydrogens (tertiary/aromatic N) is 3. The molecule has 0 amide bonds. The topological polar surface area (TPSA) is 36.4 Å². The maximum absolute atomic E-state index is 12.8. The lowest BCUT2D eigenvalue weighted by Crippen LogP contribution is -2.75. The Bertz CT molecular complexity index is 790. The van der Waals surface area contributed by atoms with Gasteiger partial charge in [0.05, 0.1) is 22.0 Å². The highest BCUT2D eigenvalue weighted by atomic mass is 16.1. The standard InChI is InChI=1S/C19H21N3O/c1-18-9-21-11-19(2,17(18)23)12-22(10-18)16(21)15-8-7-13-5-3-4-6-14(13)20-15/h3-8,16H,9-12H2,1-2H3. The number of carbonyl (C=O) groups excluding carboxylic acids is 1. The van der Waals surface area contributed by atoms with Crippen molar-refractivity contribution in [3.05, 3.63) is 42.1 Å². The lowest BCUT2D eigenvalue weighted by atomic mass is 9.62. The predicted molar refractivity (Wildman–Crippen MR) is 88.9 cm³/mol. The maximum atomic E-state index is 12.8. The zero-order chi connectivity index (χ0) is 15.8. The van der Waals surface area contributed by atoms with Crippen molar-refractivity contribution in [2.45, 2.75) is 20.0 Å². The van der Waals surface area contributed by atoms with Gasteiger partial charge in [-0.25, -0.2) is 4.98 Å². The lowest BCUT2D eigenvalue weighted by molar-refractivity contribution is -0.197. The van der Waals surface area contributed by atoms with E-state index in [1.165, 1.54) is 5.39 Å². The van der Waals surface area contributed by atoms with Crippen LogP contribution in [0.1, 0.15) is 25.7 Å². The van der Waals surface area contributed by atoms with Gasteiger partial charge in [-0.3, -0.25) is 14.6 Å². The summed E-state index contributed by atoms with van der Waals surface area (Å²) in [5.74, 6) is 0.461. The number of carbonyl (C=O) groups is 1. The highest BCUT2D eigenvalue weighted by Crippen LogP contribution is 2.51. The Kier molecular flexibility index (Phi) is 2.49. The fourth-order valence-electron chi connectivity index (χ4n) is 5.20. The molecule has 1 aromatic heterocycles. The van der Waals surface area contributed by atoms with Crippen LogP contribution in [0.15, 0.2) is 36.4 Å².